The number of unbranched alkanes of at least 4 members (excludes halogenated alkanes) is 1. The molecule has 0 atom stereocenters. The second-order valence-electron chi connectivity index (χ2n) is 13.1. The maximum atomic E-state index is 15.0. The molecule has 2 aliphatic carbocycles. The summed E-state index contributed by atoms with van der Waals surface area (Å²) in [6.45, 7) is 2.03. The average molecular weight is 789 g/mol. The maximum absolute atomic E-state index is 15.0. The van der Waals surface area contributed by atoms with Crippen LogP contribution in [0.5, 0.6) is 0 Å². The Morgan fingerprint density at radius 3 is 1.18 bits per heavy atom. The van der Waals surface area contributed by atoms with E-state index in [9.17, 15) is 83.4 Å². The summed E-state index contributed by atoms with van der Waals surface area (Å²) >= 11 is 0. The molecule has 0 nitrogen and oxygen atoms in total. The average Bonchev–Trinajstić information content (AvgIpc) is 3.02. The zero-order valence-corrected chi connectivity index (χ0v) is 26.0. The van der Waals surface area contributed by atoms with E-state index in [1.807, 2.05) is 6.92 Å². The van der Waals surface area contributed by atoms with Crippen molar-refractivity contribution in [3.63, 3.8) is 0 Å². The van der Waals surface area contributed by atoms with Crippen LogP contribution in [0.25, 0.3) is 0 Å². The van der Waals surface area contributed by atoms with Crippen LogP contribution in [0.2, 0.25) is 0 Å². The summed E-state index contributed by atoms with van der Waals surface area (Å²) in [4.78, 5) is 0. The second kappa shape index (κ2) is 13.9. The summed E-state index contributed by atoms with van der Waals surface area (Å²) in [5, 5.41) is 0. The van der Waals surface area contributed by atoms with Crippen LogP contribution >= 0.6 is 0 Å². The summed E-state index contributed by atoms with van der Waals surface area (Å²) in [6.07, 6.45) is -1.72. The van der Waals surface area contributed by atoms with Crippen molar-refractivity contribution in [2.24, 2.45) is 17.8 Å². The smallest absolute Gasteiger partial charge is 0.203 e. The molecule has 1 aromatic rings. The van der Waals surface area contributed by atoms with E-state index in [1.165, 1.54) is 0 Å². The van der Waals surface area contributed by atoms with Crippen molar-refractivity contribution in [2.45, 2.75) is 131 Å². The van der Waals surface area contributed by atoms with Crippen LogP contribution in [0.15, 0.2) is 0 Å². The van der Waals surface area contributed by atoms with Gasteiger partial charge in [0.1, 0.15) is 5.56 Å². The van der Waals surface area contributed by atoms with E-state index in [0.29, 0.717) is 5.92 Å². The van der Waals surface area contributed by atoms with Crippen molar-refractivity contribution in [1.82, 2.24) is 0 Å². The SMILES string of the molecule is CCCCC1CCC(C2CCC(c3c(F)c(F)c(C(F)(F)C(F)(F)C(F)(F)C(F)(F)C(F)(F)C(F)(F)C(F)(F)C(F)(F)F)c(F)c3F)CC2)CC1. The van der Waals surface area contributed by atoms with Gasteiger partial charge in [0.25, 0.3) is 0 Å². The molecule has 21 heteroatoms. The monoisotopic (exact) mass is 788 g/mol. The van der Waals surface area contributed by atoms with Gasteiger partial charge in [0, 0.05) is 5.56 Å². The van der Waals surface area contributed by atoms with Gasteiger partial charge in [-0.05, 0) is 62.2 Å². The third kappa shape index (κ3) is 6.63. The Hall–Kier alpha value is -2.25. The molecule has 0 heterocycles. The van der Waals surface area contributed by atoms with Gasteiger partial charge in [-0.1, -0.05) is 39.0 Å². The van der Waals surface area contributed by atoms with Gasteiger partial charge >= 0.3 is 47.6 Å². The molecule has 2 saturated carbocycles. The summed E-state index contributed by atoms with van der Waals surface area (Å²) in [5.41, 5.74) is -5.81. The fraction of sp³-hybridized carbons (Fsp3) is 0.800. The highest BCUT2D eigenvalue weighted by Gasteiger charge is 2.95. The molecule has 0 spiro atoms. The number of hydrogen-bond acceptors (Lipinski definition) is 0. The quantitative estimate of drug-likeness (QED) is 0.146. The Morgan fingerprint density at radius 2 is 0.804 bits per heavy atom. The molecule has 0 aromatic heterocycles. The predicted molar refractivity (Wildman–Crippen MR) is 136 cm³/mol. The van der Waals surface area contributed by atoms with Gasteiger partial charge in [0.15, 0.2) is 23.3 Å². The lowest BCUT2D eigenvalue weighted by molar-refractivity contribution is -0.463. The molecule has 296 valence electrons. The van der Waals surface area contributed by atoms with Crippen LogP contribution in [0.1, 0.15) is 94.6 Å². The fourth-order valence-electron chi connectivity index (χ4n) is 6.92. The number of alkyl halides is 17. The summed E-state index contributed by atoms with van der Waals surface area (Å²) < 4.78 is 292. The first-order valence-corrected chi connectivity index (χ1v) is 15.5. The van der Waals surface area contributed by atoms with Crippen LogP contribution < -0.4 is 0 Å². The molecule has 0 aliphatic heterocycles. The minimum Gasteiger partial charge on any atom is -0.203 e. The lowest BCUT2D eigenvalue weighted by Crippen LogP contribution is -2.74. The third-order valence-electron chi connectivity index (χ3n) is 10.0. The molecule has 0 saturated heterocycles. The number of benzene rings is 1. The Morgan fingerprint density at radius 1 is 0.451 bits per heavy atom. The van der Waals surface area contributed by atoms with Gasteiger partial charge in [-0.25, -0.2) is 17.6 Å². The molecule has 2 fully saturated rings. The first-order valence-electron chi connectivity index (χ1n) is 15.5. The molecule has 0 N–H and O–H groups in total. The molecular weight excluding hydrogens is 759 g/mol. The molecule has 2 aliphatic rings. The van der Waals surface area contributed by atoms with E-state index in [-0.39, 0.29) is 37.5 Å². The van der Waals surface area contributed by atoms with Crippen molar-refractivity contribution in [3.05, 3.63) is 34.4 Å². The van der Waals surface area contributed by atoms with Crippen LogP contribution in [-0.4, -0.2) is 41.7 Å². The first-order chi connectivity index (χ1) is 22.9. The Balaban J connectivity index is 1.96. The van der Waals surface area contributed by atoms with Crippen LogP contribution in [0.4, 0.5) is 92.2 Å². The zero-order valence-electron chi connectivity index (χ0n) is 26.0. The Bertz CT molecular complexity index is 1350. The van der Waals surface area contributed by atoms with Crippen molar-refractivity contribution in [1.29, 1.82) is 0 Å². The molecule has 0 amide bonds. The molecule has 0 bridgehead atoms. The molecule has 1 aromatic carbocycles. The molecule has 3 rings (SSSR count). The van der Waals surface area contributed by atoms with Crippen LogP contribution in [-0.2, 0) is 5.92 Å². The molecule has 0 unspecified atom stereocenters. The number of rotatable bonds is 12. The minimum atomic E-state index is -9.03. The molecular formula is C30H29F21. The summed E-state index contributed by atoms with van der Waals surface area (Å²) in [7, 11) is 0. The molecule has 0 radical (unpaired) electrons. The molecule has 51 heavy (non-hydrogen) atoms. The Kier molecular flexibility index (Phi) is 11.7. The normalized spacial score (nSPS) is 23.9. The predicted octanol–water partition coefficient (Wildman–Crippen LogP) is 13.0. The number of halogens is 21. The highest BCUT2D eigenvalue weighted by molar-refractivity contribution is 5.37. The van der Waals surface area contributed by atoms with Crippen molar-refractivity contribution in [3.8, 4) is 0 Å². The van der Waals surface area contributed by atoms with Gasteiger partial charge in [0.05, 0.1) is 0 Å². The minimum absolute atomic E-state index is 0.0537. The standard InChI is InChI=1S/C30H29F21/c1-2-3-4-13-5-7-14(8-6-13)15-9-11-16(12-10-15)17-19(31)21(33)18(22(34)20(17)32)23(35,36)24(37,38)25(39,40)26(41,42)27(43,44)28(45,46)29(47,48)30(49,50)51/h13-16H,2-12H2,1H3. The van der Waals surface area contributed by atoms with Crippen molar-refractivity contribution in [2.75, 3.05) is 0 Å². The third-order valence-corrected chi connectivity index (χ3v) is 10.0. The van der Waals surface area contributed by atoms with E-state index >= 15 is 8.78 Å². The van der Waals surface area contributed by atoms with Gasteiger partial charge in [-0.2, -0.15) is 74.6 Å². The maximum Gasteiger partial charge on any atom is 0.460 e. The lowest BCUT2D eigenvalue weighted by Gasteiger charge is -2.43. The lowest BCUT2D eigenvalue weighted by atomic mass is 9.67. The summed E-state index contributed by atoms with van der Waals surface area (Å²) in [6, 6.07) is 0. The van der Waals surface area contributed by atoms with E-state index < -0.39 is 87.9 Å². The van der Waals surface area contributed by atoms with Crippen LogP contribution in [0.3, 0.4) is 0 Å². The highest BCUT2D eigenvalue weighted by Crippen LogP contribution is 2.65. The summed E-state index contributed by atoms with van der Waals surface area (Å²) in [5.74, 6) is -74.5. The van der Waals surface area contributed by atoms with E-state index in [4.69, 9.17) is 0 Å². The largest absolute Gasteiger partial charge is 0.460 e. The van der Waals surface area contributed by atoms with E-state index in [2.05, 4.69) is 0 Å². The van der Waals surface area contributed by atoms with Gasteiger partial charge in [-0.3, -0.25) is 0 Å². The van der Waals surface area contributed by atoms with Gasteiger partial charge < -0.3 is 0 Å². The first kappa shape index (κ1) is 43.2. The van der Waals surface area contributed by atoms with Gasteiger partial charge in [0.2, 0.25) is 0 Å². The zero-order chi connectivity index (χ0) is 39.6. The highest BCUT2D eigenvalue weighted by atomic mass is 19.4. The van der Waals surface area contributed by atoms with Crippen molar-refractivity contribution < 1.29 is 92.2 Å². The van der Waals surface area contributed by atoms with E-state index in [1.54, 1.807) is 0 Å². The van der Waals surface area contributed by atoms with Crippen molar-refractivity contribution >= 4 is 0 Å². The van der Waals surface area contributed by atoms with Crippen LogP contribution in [0, 0.1) is 41.0 Å². The second-order valence-corrected chi connectivity index (χ2v) is 13.1. The number of hydrogen-bond donors (Lipinski definition) is 0. The fourth-order valence-corrected chi connectivity index (χ4v) is 6.92. The van der Waals surface area contributed by atoms with Gasteiger partial charge in [-0.15, -0.1) is 0 Å². The van der Waals surface area contributed by atoms with E-state index in [0.717, 1.165) is 44.9 Å². The topological polar surface area (TPSA) is 0 Å². The Labute approximate surface area is 276 Å².